The first kappa shape index (κ1) is 37.0. The van der Waals surface area contributed by atoms with Crippen LogP contribution in [0.4, 0.5) is 26.3 Å². The normalized spacial score (nSPS) is 15.3. The van der Waals surface area contributed by atoms with Crippen molar-refractivity contribution < 1.29 is 54.6 Å². The summed E-state index contributed by atoms with van der Waals surface area (Å²) in [4.78, 5) is 0. The van der Waals surface area contributed by atoms with E-state index in [9.17, 15) is 26.3 Å². The fourth-order valence-electron chi connectivity index (χ4n) is 4.27. The second-order valence-corrected chi connectivity index (χ2v) is 12.1. The van der Waals surface area contributed by atoms with Crippen molar-refractivity contribution >= 4 is 23.0 Å². The van der Waals surface area contributed by atoms with E-state index in [2.05, 4.69) is 25.4 Å². The predicted octanol–water partition coefficient (Wildman–Crippen LogP) is 10.8. The van der Waals surface area contributed by atoms with Crippen molar-refractivity contribution in [3.8, 4) is 34.5 Å². The summed E-state index contributed by atoms with van der Waals surface area (Å²) in [5.74, 6) is 1.46. The van der Waals surface area contributed by atoms with Gasteiger partial charge in [-0.25, -0.2) is 0 Å². The molecule has 6 nitrogen and oxygen atoms in total. The fourth-order valence-corrected chi connectivity index (χ4v) is 4.65. The zero-order valence-electron chi connectivity index (χ0n) is 26.3. The predicted molar refractivity (Wildman–Crippen MR) is 172 cm³/mol. The highest BCUT2D eigenvalue weighted by molar-refractivity contribution is 9.08. The molecule has 5 rings (SSSR count). The number of rotatable bonds is 9. The van der Waals surface area contributed by atoms with Crippen molar-refractivity contribution in [2.24, 2.45) is 0 Å². The zero-order valence-corrected chi connectivity index (χ0v) is 27.9. The van der Waals surface area contributed by atoms with Gasteiger partial charge < -0.3 is 28.3 Å². The summed E-state index contributed by atoms with van der Waals surface area (Å²) in [6, 6.07) is 25.2. The quantitative estimate of drug-likeness (QED) is 0.0967. The molecule has 0 aliphatic carbocycles. The standard InChI is InChI=1S/C20H22BF3O4.C14H10BrF3O2/c1-18(2)19(3,4)28-21(27-18)13-14-5-7-15(8-6-14)25-16-9-11-17(12-10-16)26-20(22,23)24;15-9-10-1-3-11(4-2-10)19-12-5-7-13(8-6-12)20-14(16,17)18/h5-12H,13H2,1-4H3;1-8H,9H2. The van der Waals surface area contributed by atoms with E-state index in [1.165, 1.54) is 48.5 Å². The molecular formula is C34H32BBrF6O6. The van der Waals surface area contributed by atoms with E-state index in [0.717, 1.165) is 16.5 Å². The molecule has 0 spiro atoms. The zero-order chi connectivity index (χ0) is 35.2. The smallest absolute Gasteiger partial charge is 0.457 e. The van der Waals surface area contributed by atoms with Crippen molar-refractivity contribution in [1.29, 1.82) is 0 Å². The molecule has 14 heteroatoms. The number of hydrogen-bond acceptors (Lipinski definition) is 6. The van der Waals surface area contributed by atoms with E-state index in [-0.39, 0.29) is 29.8 Å². The molecule has 1 saturated heterocycles. The Bertz CT molecular complexity index is 1580. The molecule has 4 aromatic carbocycles. The third-order valence-corrected chi connectivity index (χ3v) is 7.94. The van der Waals surface area contributed by atoms with Gasteiger partial charge in [0, 0.05) is 11.7 Å². The van der Waals surface area contributed by atoms with E-state index in [1.807, 2.05) is 52.0 Å². The van der Waals surface area contributed by atoms with E-state index in [0.29, 0.717) is 29.3 Å². The lowest BCUT2D eigenvalue weighted by Crippen LogP contribution is -2.41. The third kappa shape index (κ3) is 11.4. The molecule has 48 heavy (non-hydrogen) atoms. The van der Waals surface area contributed by atoms with Crippen molar-refractivity contribution in [3.05, 3.63) is 108 Å². The molecule has 1 fully saturated rings. The molecule has 4 aromatic rings. The average molecular weight is 741 g/mol. The number of alkyl halides is 7. The van der Waals surface area contributed by atoms with Gasteiger partial charge in [0.05, 0.1) is 11.2 Å². The molecular weight excluding hydrogens is 709 g/mol. The van der Waals surface area contributed by atoms with Crippen LogP contribution in [0.15, 0.2) is 97.1 Å². The topological polar surface area (TPSA) is 55.4 Å². The molecule has 0 radical (unpaired) electrons. The Morgan fingerprint density at radius 1 is 0.521 bits per heavy atom. The minimum absolute atomic E-state index is 0.278. The molecule has 0 amide bonds. The van der Waals surface area contributed by atoms with Crippen LogP contribution in [0, 0.1) is 0 Å². The van der Waals surface area contributed by atoms with Crippen LogP contribution in [-0.4, -0.2) is 31.0 Å². The first-order chi connectivity index (χ1) is 22.4. The van der Waals surface area contributed by atoms with Gasteiger partial charge in [0.25, 0.3) is 0 Å². The molecule has 0 bridgehead atoms. The number of ether oxygens (including phenoxy) is 4. The van der Waals surface area contributed by atoms with Crippen molar-refractivity contribution in [2.45, 2.75) is 63.3 Å². The summed E-state index contributed by atoms with van der Waals surface area (Å²) >= 11 is 3.33. The van der Waals surface area contributed by atoms with Gasteiger partial charge in [-0.05, 0) is 112 Å². The van der Waals surface area contributed by atoms with E-state index in [4.69, 9.17) is 18.8 Å². The molecule has 0 aromatic heterocycles. The summed E-state index contributed by atoms with van der Waals surface area (Å²) in [6.45, 7) is 8.04. The Balaban J connectivity index is 0.000000229. The summed E-state index contributed by atoms with van der Waals surface area (Å²) in [5, 5.41) is 0.747. The molecule has 0 unspecified atom stereocenters. The monoisotopic (exact) mass is 740 g/mol. The second kappa shape index (κ2) is 15.1. The van der Waals surface area contributed by atoms with Crippen LogP contribution in [0.2, 0.25) is 0 Å². The largest absolute Gasteiger partial charge is 0.573 e. The third-order valence-electron chi connectivity index (χ3n) is 7.29. The molecule has 1 heterocycles. The average Bonchev–Trinajstić information content (AvgIpc) is 3.20. The Morgan fingerprint density at radius 2 is 0.812 bits per heavy atom. The molecule has 1 aliphatic heterocycles. The van der Waals surface area contributed by atoms with Gasteiger partial charge in [-0.2, -0.15) is 0 Å². The Morgan fingerprint density at radius 3 is 1.12 bits per heavy atom. The molecule has 0 saturated carbocycles. The van der Waals surface area contributed by atoms with Gasteiger partial charge in [-0.15, -0.1) is 26.3 Å². The first-order valence-corrected chi connectivity index (χ1v) is 15.7. The Kier molecular flexibility index (Phi) is 11.6. The lowest BCUT2D eigenvalue weighted by atomic mass is 9.81. The lowest BCUT2D eigenvalue weighted by molar-refractivity contribution is -0.275. The maximum Gasteiger partial charge on any atom is 0.573 e. The maximum atomic E-state index is 12.2. The van der Waals surface area contributed by atoms with Gasteiger partial charge >= 0.3 is 19.8 Å². The molecule has 0 atom stereocenters. The van der Waals surface area contributed by atoms with Crippen LogP contribution >= 0.6 is 15.9 Å². The molecule has 256 valence electrons. The number of halogens is 7. The SMILES string of the molecule is CC1(C)OB(Cc2ccc(Oc3ccc(OC(F)(F)F)cc3)cc2)OC1(C)C.FC(F)(F)Oc1ccc(Oc2ccc(CBr)cc2)cc1. The number of hydrogen-bond donors (Lipinski definition) is 0. The highest BCUT2D eigenvalue weighted by atomic mass is 79.9. The highest BCUT2D eigenvalue weighted by Crippen LogP contribution is 2.37. The Hall–Kier alpha value is -3.88. The van der Waals surface area contributed by atoms with Crippen LogP contribution in [0.25, 0.3) is 0 Å². The highest BCUT2D eigenvalue weighted by Gasteiger charge is 2.50. The minimum Gasteiger partial charge on any atom is -0.457 e. The maximum absolute atomic E-state index is 12.2. The minimum atomic E-state index is -4.71. The lowest BCUT2D eigenvalue weighted by Gasteiger charge is -2.32. The fraction of sp³-hybridized carbons (Fsp3) is 0.294. The second-order valence-electron chi connectivity index (χ2n) is 11.6. The van der Waals surface area contributed by atoms with Gasteiger partial charge in [0.2, 0.25) is 0 Å². The van der Waals surface area contributed by atoms with Crippen molar-refractivity contribution in [3.63, 3.8) is 0 Å². The van der Waals surface area contributed by atoms with Crippen molar-refractivity contribution in [2.75, 3.05) is 0 Å². The van der Waals surface area contributed by atoms with E-state index < -0.39 is 12.7 Å². The van der Waals surface area contributed by atoms with E-state index in [1.54, 1.807) is 24.3 Å². The van der Waals surface area contributed by atoms with Crippen LogP contribution in [0.3, 0.4) is 0 Å². The Labute approximate surface area is 283 Å². The van der Waals surface area contributed by atoms with Crippen LogP contribution < -0.4 is 18.9 Å². The first-order valence-electron chi connectivity index (χ1n) is 14.6. The van der Waals surface area contributed by atoms with E-state index >= 15 is 0 Å². The van der Waals surface area contributed by atoms with Gasteiger partial charge in [-0.3, -0.25) is 0 Å². The summed E-state index contributed by atoms with van der Waals surface area (Å²) in [7, 11) is -0.321. The van der Waals surface area contributed by atoms with Crippen LogP contribution in [0.1, 0.15) is 38.8 Å². The van der Waals surface area contributed by atoms with Gasteiger partial charge in [-0.1, -0.05) is 40.2 Å². The molecule has 1 aliphatic rings. The van der Waals surface area contributed by atoms with Gasteiger partial charge in [0.1, 0.15) is 34.5 Å². The van der Waals surface area contributed by atoms with Crippen molar-refractivity contribution in [1.82, 2.24) is 0 Å². The summed E-state index contributed by atoms with van der Waals surface area (Å²) < 4.78 is 103. The number of benzene rings is 4. The van der Waals surface area contributed by atoms with Crippen LogP contribution in [-0.2, 0) is 21.0 Å². The van der Waals surface area contributed by atoms with Crippen LogP contribution in [0.5, 0.6) is 34.5 Å². The molecule has 0 N–H and O–H groups in total. The van der Waals surface area contributed by atoms with Gasteiger partial charge in [0.15, 0.2) is 0 Å². The summed E-state index contributed by atoms with van der Waals surface area (Å²) in [5.41, 5.74) is 1.39. The summed E-state index contributed by atoms with van der Waals surface area (Å²) in [6.07, 6.45) is -8.79.